The number of hydrogen-bond donors (Lipinski definition) is 2. The molecule has 0 unspecified atom stereocenters. The van der Waals surface area contributed by atoms with Gasteiger partial charge in [-0.25, -0.2) is 4.98 Å². The molecule has 1 aliphatic rings. The average Bonchev–Trinajstić information content (AvgIpc) is 3.45. The van der Waals surface area contributed by atoms with Crippen LogP contribution >= 0.6 is 0 Å². The van der Waals surface area contributed by atoms with Crippen LogP contribution in [0.15, 0.2) is 29.2 Å². The second kappa shape index (κ2) is 6.43. The third-order valence-electron chi connectivity index (χ3n) is 5.85. The fourth-order valence-corrected chi connectivity index (χ4v) is 4.43. The fraction of sp³-hybridized carbons (Fsp3) is 0.421. The predicted molar refractivity (Wildman–Crippen MR) is 101 cm³/mol. The van der Waals surface area contributed by atoms with Crippen molar-refractivity contribution in [1.29, 1.82) is 0 Å². The minimum atomic E-state index is -0.137. The number of aromatic nitrogens is 6. The van der Waals surface area contributed by atoms with E-state index in [4.69, 9.17) is 4.52 Å². The zero-order valence-electron chi connectivity index (χ0n) is 15.7. The van der Waals surface area contributed by atoms with Crippen molar-refractivity contribution in [2.24, 2.45) is 5.92 Å². The number of fused-ring (bicyclic) bond motifs is 3. The fourth-order valence-electron chi connectivity index (χ4n) is 4.43. The van der Waals surface area contributed by atoms with Gasteiger partial charge < -0.3 is 14.8 Å². The molecule has 1 fully saturated rings. The number of carbonyl (C=O) groups excluding carboxylic acids is 1. The first-order chi connectivity index (χ1) is 13.7. The summed E-state index contributed by atoms with van der Waals surface area (Å²) in [5, 5.41) is 15.7. The number of H-pyrrole nitrogens is 1. The van der Waals surface area contributed by atoms with Gasteiger partial charge in [-0.15, -0.1) is 10.2 Å². The number of hydrogen-bond acceptors (Lipinski definition) is 6. The first kappa shape index (κ1) is 16.9. The predicted octanol–water partition coefficient (Wildman–Crippen LogP) is 2.60. The Balaban J connectivity index is 1.45. The molecule has 1 aliphatic carbocycles. The van der Waals surface area contributed by atoms with Gasteiger partial charge in [0, 0.05) is 18.2 Å². The summed E-state index contributed by atoms with van der Waals surface area (Å²) >= 11 is 0. The lowest BCUT2D eigenvalue weighted by molar-refractivity contribution is 0.0935. The van der Waals surface area contributed by atoms with E-state index in [-0.39, 0.29) is 17.9 Å². The molecule has 1 amide bonds. The third kappa shape index (κ3) is 2.57. The largest absolute Gasteiger partial charge is 0.361 e. The molecule has 3 atom stereocenters. The SMILES string of the molecule is CC[C@@H]1C[C@H](NC(=O)c2cnoc2C)C[C@@H]1c1nnc2cnc3[nH]ccc3n12. The Morgan fingerprint density at radius 2 is 2.25 bits per heavy atom. The Hall–Kier alpha value is -3.23. The van der Waals surface area contributed by atoms with Crippen molar-refractivity contribution in [1.82, 2.24) is 35.0 Å². The van der Waals surface area contributed by atoms with Gasteiger partial charge >= 0.3 is 0 Å². The third-order valence-corrected chi connectivity index (χ3v) is 5.85. The molecule has 4 aromatic rings. The molecule has 4 heterocycles. The van der Waals surface area contributed by atoms with Crippen molar-refractivity contribution < 1.29 is 9.32 Å². The molecule has 5 rings (SSSR count). The van der Waals surface area contributed by atoms with E-state index in [0.29, 0.717) is 17.2 Å². The highest BCUT2D eigenvalue weighted by molar-refractivity contribution is 5.94. The number of amides is 1. The van der Waals surface area contributed by atoms with E-state index < -0.39 is 0 Å². The van der Waals surface area contributed by atoms with E-state index in [1.165, 1.54) is 6.20 Å². The second-order valence-electron chi connectivity index (χ2n) is 7.43. The first-order valence-corrected chi connectivity index (χ1v) is 9.55. The van der Waals surface area contributed by atoms with Gasteiger partial charge in [-0.2, -0.15) is 0 Å². The van der Waals surface area contributed by atoms with Crippen LogP contribution < -0.4 is 5.32 Å². The van der Waals surface area contributed by atoms with Gasteiger partial charge in [0.2, 0.25) is 0 Å². The highest BCUT2D eigenvalue weighted by Crippen LogP contribution is 2.41. The van der Waals surface area contributed by atoms with Crippen molar-refractivity contribution >= 4 is 22.7 Å². The Morgan fingerprint density at radius 3 is 3.04 bits per heavy atom. The standard InChI is InChI=1S/C19H21N7O2/c1-3-11-6-12(23-19(27)14-8-22-28-10(14)2)7-13(11)18-25-24-16-9-21-17-15(26(16)18)4-5-20-17/h4-5,8-9,11-13,20H,3,6-7H2,1-2H3,(H,23,27)/t11-,12+,13+/m1/s1. The zero-order valence-corrected chi connectivity index (χ0v) is 15.7. The number of rotatable bonds is 4. The van der Waals surface area contributed by atoms with E-state index in [0.717, 1.165) is 41.9 Å². The van der Waals surface area contributed by atoms with Crippen molar-refractivity contribution in [3.05, 3.63) is 41.8 Å². The maximum absolute atomic E-state index is 12.6. The van der Waals surface area contributed by atoms with E-state index in [2.05, 4.69) is 42.0 Å². The Morgan fingerprint density at radius 1 is 1.36 bits per heavy atom. The lowest BCUT2D eigenvalue weighted by Gasteiger charge is -2.15. The molecule has 144 valence electrons. The molecule has 0 saturated heterocycles. The summed E-state index contributed by atoms with van der Waals surface area (Å²) in [7, 11) is 0. The van der Waals surface area contributed by atoms with Crippen LogP contribution in [0.1, 0.15) is 54.0 Å². The van der Waals surface area contributed by atoms with Crippen molar-refractivity contribution in [2.75, 3.05) is 0 Å². The Labute approximate surface area is 160 Å². The summed E-state index contributed by atoms with van der Waals surface area (Å²) in [4.78, 5) is 20.1. The Bertz CT molecular complexity index is 1160. The molecule has 4 aromatic heterocycles. The molecule has 0 bridgehead atoms. The lowest BCUT2D eigenvalue weighted by Crippen LogP contribution is -2.33. The molecule has 0 aliphatic heterocycles. The maximum Gasteiger partial charge on any atom is 0.256 e. The smallest absolute Gasteiger partial charge is 0.256 e. The number of nitrogens with one attached hydrogen (secondary N) is 2. The molecular weight excluding hydrogens is 358 g/mol. The van der Waals surface area contributed by atoms with Crippen LogP contribution in [-0.4, -0.2) is 41.7 Å². The lowest BCUT2D eigenvalue weighted by atomic mass is 9.93. The number of nitrogens with zero attached hydrogens (tertiary/aromatic N) is 5. The number of aromatic amines is 1. The number of aryl methyl sites for hydroxylation is 1. The van der Waals surface area contributed by atoms with E-state index in [1.807, 2.05) is 12.3 Å². The topological polar surface area (TPSA) is 114 Å². The molecule has 0 spiro atoms. The van der Waals surface area contributed by atoms with Gasteiger partial charge in [-0.1, -0.05) is 18.5 Å². The van der Waals surface area contributed by atoms with E-state index >= 15 is 0 Å². The van der Waals surface area contributed by atoms with Crippen molar-refractivity contribution in [3.8, 4) is 0 Å². The van der Waals surface area contributed by atoms with Crippen LogP contribution in [0.3, 0.4) is 0 Å². The molecule has 9 nitrogen and oxygen atoms in total. The molecule has 0 aromatic carbocycles. The van der Waals surface area contributed by atoms with Crippen LogP contribution in [0.25, 0.3) is 16.8 Å². The highest BCUT2D eigenvalue weighted by atomic mass is 16.5. The van der Waals surface area contributed by atoms with E-state index in [1.54, 1.807) is 13.1 Å². The van der Waals surface area contributed by atoms with Crippen LogP contribution in [0.4, 0.5) is 0 Å². The van der Waals surface area contributed by atoms with Crippen molar-refractivity contribution in [3.63, 3.8) is 0 Å². The maximum atomic E-state index is 12.6. The molecule has 2 N–H and O–H groups in total. The summed E-state index contributed by atoms with van der Waals surface area (Å²) in [5.74, 6) is 1.97. The number of carbonyl (C=O) groups is 1. The molecule has 1 saturated carbocycles. The monoisotopic (exact) mass is 379 g/mol. The minimum Gasteiger partial charge on any atom is -0.361 e. The summed E-state index contributed by atoms with van der Waals surface area (Å²) in [6.45, 7) is 3.93. The first-order valence-electron chi connectivity index (χ1n) is 9.55. The molecule has 0 radical (unpaired) electrons. The summed E-state index contributed by atoms with van der Waals surface area (Å²) < 4.78 is 7.10. The molecule has 9 heteroatoms. The summed E-state index contributed by atoms with van der Waals surface area (Å²) in [6.07, 6.45) is 7.82. The van der Waals surface area contributed by atoms with E-state index in [9.17, 15) is 4.79 Å². The van der Waals surface area contributed by atoms with Crippen LogP contribution in [0.5, 0.6) is 0 Å². The van der Waals surface area contributed by atoms with Gasteiger partial charge in [0.05, 0.1) is 17.9 Å². The van der Waals surface area contributed by atoms with Gasteiger partial charge in [0.25, 0.3) is 5.91 Å². The molecular formula is C19H21N7O2. The summed E-state index contributed by atoms with van der Waals surface area (Å²) in [6, 6.07) is 2.07. The van der Waals surface area contributed by atoms with Crippen molar-refractivity contribution in [2.45, 2.75) is 45.1 Å². The molecule has 28 heavy (non-hydrogen) atoms. The van der Waals surface area contributed by atoms with Gasteiger partial charge in [0.15, 0.2) is 11.3 Å². The van der Waals surface area contributed by atoms with Gasteiger partial charge in [-0.3, -0.25) is 9.20 Å². The van der Waals surface area contributed by atoms with Gasteiger partial charge in [0.1, 0.15) is 17.1 Å². The van der Waals surface area contributed by atoms with Gasteiger partial charge in [-0.05, 0) is 31.7 Å². The normalized spacial score (nSPS) is 22.3. The van der Waals surface area contributed by atoms with Crippen LogP contribution in [-0.2, 0) is 0 Å². The average molecular weight is 379 g/mol. The highest BCUT2D eigenvalue weighted by Gasteiger charge is 2.38. The quantitative estimate of drug-likeness (QED) is 0.563. The van der Waals surface area contributed by atoms with Crippen LogP contribution in [0.2, 0.25) is 0 Å². The zero-order chi connectivity index (χ0) is 19.3. The Kier molecular flexibility index (Phi) is 3.88. The second-order valence-corrected chi connectivity index (χ2v) is 7.43. The van der Waals surface area contributed by atoms with Crippen LogP contribution in [0, 0.1) is 12.8 Å². The minimum absolute atomic E-state index is 0.0765. The summed E-state index contributed by atoms with van der Waals surface area (Å²) in [5.41, 5.74) is 3.02.